The molecule has 0 N–H and O–H groups in total. The molecule has 0 aromatic heterocycles. The van der Waals surface area contributed by atoms with Gasteiger partial charge in [-0.1, -0.05) is 38.2 Å². The van der Waals surface area contributed by atoms with E-state index in [-0.39, 0.29) is 0 Å². The third kappa shape index (κ3) is 3.07. The van der Waals surface area contributed by atoms with Crippen LogP contribution in [-0.4, -0.2) is 5.78 Å². The number of Topliss-reactive ketones (excluding diaryl/α,β-unsaturated/α-hetero) is 1. The first-order chi connectivity index (χ1) is 7.63. The second kappa shape index (κ2) is 4.99. The molecule has 2 aliphatic carbocycles. The average molecular weight is 218 g/mol. The number of carbonyl (C=O) groups is 1. The van der Waals surface area contributed by atoms with E-state index in [0.29, 0.717) is 29.5 Å². The fourth-order valence-electron chi connectivity index (χ4n) is 2.93. The van der Waals surface area contributed by atoms with Crippen molar-refractivity contribution in [1.82, 2.24) is 0 Å². The molecule has 0 saturated carbocycles. The van der Waals surface area contributed by atoms with Crippen LogP contribution >= 0.6 is 0 Å². The summed E-state index contributed by atoms with van der Waals surface area (Å²) in [5.41, 5.74) is 0. The van der Waals surface area contributed by atoms with Crippen LogP contribution < -0.4 is 0 Å². The van der Waals surface area contributed by atoms with E-state index in [4.69, 9.17) is 0 Å². The molecule has 88 valence electrons. The van der Waals surface area contributed by atoms with Crippen molar-refractivity contribution in [1.29, 1.82) is 0 Å². The Morgan fingerprint density at radius 3 is 1.69 bits per heavy atom. The van der Waals surface area contributed by atoms with Gasteiger partial charge in [-0.15, -0.1) is 0 Å². The summed E-state index contributed by atoms with van der Waals surface area (Å²) < 4.78 is 0. The summed E-state index contributed by atoms with van der Waals surface area (Å²) in [6.07, 6.45) is 12.8. The summed E-state index contributed by atoms with van der Waals surface area (Å²) in [5.74, 6) is 2.83. The zero-order chi connectivity index (χ0) is 11.5. The summed E-state index contributed by atoms with van der Waals surface area (Å²) in [6.45, 7) is 4.45. The molecular weight excluding hydrogens is 196 g/mol. The molecule has 2 aliphatic rings. The number of hydrogen-bond donors (Lipinski definition) is 0. The predicted molar refractivity (Wildman–Crippen MR) is 67.1 cm³/mol. The molecule has 0 radical (unpaired) electrons. The molecule has 16 heavy (non-hydrogen) atoms. The summed E-state index contributed by atoms with van der Waals surface area (Å²) >= 11 is 0. The molecule has 0 spiro atoms. The van der Waals surface area contributed by atoms with Crippen LogP contribution in [0.2, 0.25) is 0 Å². The molecule has 0 fully saturated rings. The van der Waals surface area contributed by atoms with Gasteiger partial charge in [-0.3, -0.25) is 4.79 Å². The molecule has 0 bridgehead atoms. The van der Waals surface area contributed by atoms with Crippen molar-refractivity contribution in [2.45, 2.75) is 39.5 Å². The lowest BCUT2D eigenvalue weighted by atomic mass is 9.93. The maximum Gasteiger partial charge on any atom is 0.134 e. The Bertz CT molecular complexity index is 283. The van der Waals surface area contributed by atoms with E-state index in [9.17, 15) is 4.79 Å². The lowest BCUT2D eigenvalue weighted by Crippen LogP contribution is -2.10. The van der Waals surface area contributed by atoms with Gasteiger partial charge in [0.05, 0.1) is 0 Å². The molecule has 0 heterocycles. The maximum absolute atomic E-state index is 11.9. The SMILES string of the molecule is CC1C=CC(CC(=O)CC2C=CC(C)C2)C1. The normalized spacial score (nSPS) is 37.1. The van der Waals surface area contributed by atoms with E-state index < -0.39 is 0 Å². The Balaban J connectivity index is 1.73. The first-order valence-corrected chi connectivity index (χ1v) is 6.52. The van der Waals surface area contributed by atoms with E-state index in [1.54, 1.807) is 0 Å². The van der Waals surface area contributed by atoms with Crippen LogP contribution in [0.15, 0.2) is 24.3 Å². The number of hydrogen-bond acceptors (Lipinski definition) is 1. The van der Waals surface area contributed by atoms with Crippen molar-refractivity contribution in [3.8, 4) is 0 Å². The van der Waals surface area contributed by atoms with Gasteiger partial charge in [0, 0.05) is 12.8 Å². The van der Waals surface area contributed by atoms with E-state index in [0.717, 1.165) is 12.8 Å². The molecular formula is C15H22O. The van der Waals surface area contributed by atoms with Crippen molar-refractivity contribution in [3.05, 3.63) is 24.3 Å². The Hall–Kier alpha value is -0.850. The molecule has 0 amide bonds. The first-order valence-electron chi connectivity index (χ1n) is 6.52. The molecule has 4 unspecified atom stereocenters. The minimum atomic E-state index is 0.451. The van der Waals surface area contributed by atoms with Gasteiger partial charge in [0.2, 0.25) is 0 Å². The lowest BCUT2D eigenvalue weighted by Gasteiger charge is -2.11. The molecule has 0 saturated heterocycles. The third-order valence-corrected chi connectivity index (χ3v) is 3.75. The number of allylic oxidation sites excluding steroid dienone is 4. The number of ketones is 1. The van der Waals surface area contributed by atoms with Gasteiger partial charge in [-0.25, -0.2) is 0 Å². The highest BCUT2D eigenvalue weighted by molar-refractivity contribution is 5.79. The van der Waals surface area contributed by atoms with Gasteiger partial charge in [-0.2, -0.15) is 0 Å². The van der Waals surface area contributed by atoms with Gasteiger partial charge < -0.3 is 0 Å². The smallest absolute Gasteiger partial charge is 0.134 e. The van der Waals surface area contributed by atoms with Crippen LogP contribution in [0, 0.1) is 23.7 Å². The topological polar surface area (TPSA) is 17.1 Å². The van der Waals surface area contributed by atoms with Crippen LogP contribution in [0.25, 0.3) is 0 Å². The average Bonchev–Trinajstić information content (AvgIpc) is 2.76. The second-order valence-electron chi connectivity index (χ2n) is 5.66. The van der Waals surface area contributed by atoms with Crippen LogP contribution in [0.4, 0.5) is 0 Å². The van der Waals surface area contributed by atoms with Crippen LogP contribution in [0.1, 0.15) is 39.5 Å². The van der Waals surface area contributed by atoms with Crippen LogP contribution in [0.5, 0.6) is 0 Å². The van der Waals surface area contributed by atoms with E-state index in [1.165, 1.54) is 12.8 Å². The zero-order valence-corrected chi connectivity index (χ0v) is 10.4. The zero-order valence-electron chi connectivity index (χ0n) is 10.4. The van der Waals surface area contributed by atoms with Crippen molar-refractivity contribution in [3.63, 3.8) is 0 Å². The van der Waals surface area contributed by atoms with E-state index in [2.05, 4.69) is 38.2 Å². The Labute approximate surface area is 98.6 Å². The largest absolute Gasteiger partial charge is 0.300 e. The van der Waals surface area contributed by atoms with Gasteiger partial charge >= 0.3 is 0 Å². The van der Waals surface area contributed by atoms with Gasteiger partial charge in [0.15, 0.2) is 0 Å². The summed E-state index contributed by atoms with van der Waals surface area (Å²) in [4.78, 5) is 11.9. The fourth-order valence-corrected chi connectivity index (χ4v) is 2.93. The van der Waals surface area contributed by atoms with Crippen molar-refractivity contribution >= 4 is 5.78 Å². The van der Waals surface area contributed by atoms with Gasteiger partial charge in [0.25, 0.3) is 0 Å². The monoisotopic (exact) mass is 218 g/mol. The quantitative estimate of drug-likeness (QED) is 0.657. The lowest BCUT2D eigenvalue weighted by molar-refractivity contribution is -0.120. The number of rotatable bonds is 4. The highest BCUT2D eigenvalue weighted by Gasteiger charge is 2.22. The molecule has 0 aromatic carbocycles. The Morgan fingerprint density at radius 2 is 1.38 bits per heavy atom. The maximum atomic E-state index is 11.9. The van der Waals surface area contributed by atoms with Crippen molar-refractivity contribution in [2.24, 2.45) is 23.7 Å². The molecule has 1 nitrogen and oxygen atoms in total. The molecule has 0 aromatic rings. The minimum absolute atomic E-state index is 0.451. The molecule has 4 atom stereocenters. The highest BCUT2D eigenvalue weighted by Crippen LogP contribution is 2.29. The molecule has 2 rings (SSSR count). The Morgan fingerprint density at radius 1 is 0.938 bits per heavy atom. The minimum Gasteiger partial charge on any atom is -0.300 e. The van der Waals surface area contributed by atoms with E-state index in [1.807, 2.05) is 0 Å². The number of carbonyl (C=O) groups excluding carboxylic acids is 1. The summed E-state index contributed by atoms with van der Waals surface area (Å²) in [6, 6.07) is 0. The van der Waals surface area contributed by atoms with Crippen molar-refractivity contribution < 1.29 is 4.79 Å². The molecule has 1 heteroatoms. The van der Waals surface area contributed by atoms with Crippen molar-refractivity contribution in [2.75, 3.05) is 0 Å². The third-order valence-electron chi connectivity index (χ3n) is 3.75. The highest BCUT2D eigenvalue weighted by atomic mass is 16.1. The van der Waals surface area contributed by atoms with Crippen LogP contribution in [0.3, 0.4) is 0 Å². The second-order valence-corrected chi connectivity index (χ2v) is 5.66. The summed E-state index contributed by atoms with van der Waals surface area (Å²) in [5, 5.41) is 0. The first kappa shape index (κ1) is 11.6. The van der Waals surface area contributed by atoms with Gasteiger partial charge in [-0.05, 0) is 36.5 Å². The Kier molecular flexibility index (Phi) is 3.63. The van der Waals surface area contributed by atoms with E-state index >= 15 is 0 Å². The predicted octanol–water partition coefficient (Wildman–Crippen LogP) is 3.76. The van der Waals surface area contributed by atoms with Crippen LogP contribution in [-0.2, 0) is 4.79 Å². The summed E-state index contributed by atoms with van der Waals surface area (Å²) in [7, 11) is 0. The fraction of sp³-hybridized carbons (Fsp3) is 0.667. The molecule has 0 aliphatic heterocycles. The standard InChI is InChI=1S/C15H22O/c1-11-3-5-13(7-11)9-15(16)10-14-6-4-12(2)8-14/h3-6,11-14H,7-10H2,1-2H3. The van der Waals surface area contributed by atoms with Gasteiger partial charge in [0.1, 0.15) is 5.78 Å².